The van der Waals surface area contributed by atoms with Crippen LogP contribution in [-0.2, 0) is 0 Å². The van der Waals surface area contributed by atoms with Crippen LogP contribution in [0.4, 0.5) is 21.9 Å². The molecule has 0 atom stereocenters. The Morgan fingerprint density at radius 2 is 1.55 bits per heavy atom. The van der Waals surface area contributed by atoms with Gasteiger partial charge in [-0.3, -0.25) is 0 Å². The van der Waals surface area contributed by atoms with Crippen LogP contribution in [-0.4, -0.2) is 12.1 Å². The predicted molar refractivity (Wildman–Crippen MR) is 91.4 cm³/mol. The van der Waals surface area contributed by atoms with E-state index < -0.39 is 0 Å². The molecular formula is C16H15Cl2N3O. The zero-order valence-electron chi connectivity index (χ0n) is 11.7. The van der Waals surface area contributed by atoms with Crippen molar-refractivity contribution in [3.8, 4) is 0 Å². The number of carbonyl (C=O) groups excluding carboxylic acids is 1. The molecule has 0 unspecified atom stereocenters. The Morgan fingerprint density at radius 3 is 2.18 bits per heavy atom. The lowest BCUT2D eigenvalue weighted by Gasteiger charge is -2.10. The van der Waals surface area contributed by atoms with Crippen molar-refractivity contribution in [3.63, 3.8) is 0 Å². The monoisotopic (exact) mass is 335 g/mol. The third kappa shape index (κ3) is 4.06. The lowest BCUT2D eigenvalue weighted by molar-refractivity contribution is 0.251. The summed E-state index contributed by atoms with van der Waals surface area (Å²) in [5, 5.41) is 9.93. The number of hydrogen-bond acceptors (Lipinski definition) is 2. The molecule has 1 aliphatic carbocycles. The molecule has 4 nitrogen and oxygen atoms in total. The van der Waals surface area contributed by atoms with Gasteiger partial charge in [0.25, 0.3) is 0 Å². The van der Waals surface area contributed by atoms with Gasteiger partial charge in [0.1, 0.15) is 0 Å². The summed E-state index contributed by atoms with van der Waals surface area (Å²) in [5.41, 5.74) is 2.49. The van der Waals surface area contributed by atoms with Gasteiger partial charge in [-0.2, -0.15) is 0 Å². The maximum absolute atomic E-state index is 11.6. The first-order chi connectivity index (χ1) is 10.6. The molecule has 6 heteroatoms. The van der Waals surface area contributed by atoms with E-state index in [1.807, 2.05) is 30.3 Å². The van der Waals surface area contributed by atoms with Gasteiger partial charge in [0.05, 0.1) is 10.0 Å². The van der Waals surface area contributed by atoms with Crippen molar-refractivity contribution in [2.45, 2.75) is 18.9 Å². The fourth-order valence-corrected chi connectivity index (χ4v) is 2.26. The zero-order chi connectivity index (χ0) is 15.5. The number of anilines is 3. The van der Waals surface area contributed by atoms with E-state index in [1.165, 1.54) is 0 Å². The molecule has 3 rings (SSSR count). The highest BCUT2D eigenvalue weighted by Gasteiger charge is 2.23. The average Bonchev–Trinajstić information content (AvgIpc) is 3.29. The Balaban J connectivity index is 1.60. The van der Waals surface area contributed by atoms with E-state index in [-0.39, 0.29) is 6.03 Å². The Bertz CT molecular complexity index is 684. The first kappa shape index (κ1) is 15.0. The summed E-state index contributed by atoms with van der Waals surface area (Å²) in [4.78, 5) is 11.6. The van der Waals surface area contributed by atoms with Crippen LogP contribution in [0, 0.1) is 0 Å². The molecule has 0 spiro atoms. The average molecular weight is 336 g/mol. The minimum absolute atomic E-state index is 0.160. The number of rotatable bonds is 4. The fraction of sp³-hybridized carbons (Fsp3) is 0.188. The Kier molecular flexibility index (Phi) is 4.41. The van der Waals surface area contributed by atoms with Crippen LogP contribution in [0.5, 0.6) is 0 Å². The van der Waals surface area contributed by atoms with Crippen molar-refractivity contribution in [1.82, 2.24) is 5.32 Å². The molecule has 0 aromatic heterocycles. The summed E-state index contributed by atoms with van der Waals surface area (Å²) in [7, 11) is 0. The maximum atomic E-state index is 11.6. The quantitative estimate of drug-likeness (QED) is 0.734. The minimum Gasteiger partial charge on any atom is -0.355 e. The molecule has 2 amide bonds. The van der Waals surface area contributed by atoms with Crippen LogP contribution in [0.2, 0.25) is 10.0 Å². The lowest BCUT2D eigenvalue weighted by Crippen LogP contribution is -2.30. The van der Waals surface area contributed by atoms with Gasteiger partial charge in [0.2, 0.25) is 0 Å². The smallest absolute Gasteiger partial charge is 0.319 e. The van der Waals surface area contributed by atoms with E-state index in [4.69, 9.17) is 23.2 Å². The van der Waals surface area contributed by atoms with E-state index in [2.05, 4.69) is 16.0 Å². The van der Waals surface area contributed by atoms with Gasteiger partial charge in [0.15, 0.2) is 0 Å². The van der Waals surface area contributed by atoms with Crippen LogP contribution >= 0.6 is 23.2 Å². The highest BCUT2D eigenvalue weighted by atomic mass is 35.5. The molecule has 0 aliphatic heterocycles. The second-order valence-electron chi connectivity index (χ2n) is 5.20. The first-order valence-electron chi connectivity index (χ1n) is 7.00. The first-order valence-corrected chi connectivity index (χ1v) is 7.75. The molecule has 0 bridgehead atoms. The number of amides is 2. The Hall–Kier alpha value is -1.91. The molecule has 1 aliphatic rings. The topological polar surface area (TPSA) is 53.2 Å². The predicted octanol–water partition coefficient (Wildman–Crippen LogP) is 5.02. The Morgan fingerprint density at radius 1 is 0.909 bits per heavy atom. The highest BCUT2D eigenvalue weighted by molar-refractivity contribution is 6.42. The van der Waals surface area contributed by atoms with Gasteiger partial charge in [-0.1, -0.05) is 23.2 Å². The molecule has 114 valence electrons. The number of nitrogens with one attached hydrogen (secondary N) is 3. The van der Waals surface area contributed by atoms with Crippen LogP contribution < -0.4 is 16.0 Å². The minimum atomic E-state index is -0.160. The van der Waals surface area contributed by atoms with Crippen molar-refractivity contribution < 1.29 is 4.79 Å². The van der Waals surface area contributed by atoms with Crippen molar-refractivity contribution in [1.29, 1.82) is 0 Å². The van der Waals surface area contributed by atoms with Crippen LogP contribution in [0.3, 0.4) is 0 Å². The van der Waals surface area contributed by atoms with Crippen molar-refractivity contribution in [2.75, 3.05) is 10.6 Å². The van der Waals surface area contributed by atoms with E-state index in [9.17, 15) is 4.79 Å². The summed E-state index contributed by atoms with van der Waals surface area (Å²) in [6.07, 6.45) is 2.14. The second kappa shape index (κ2) is 6.46. The summed E-state index contributed by atoms with van der Waals surface area (Å²) < 4.78 is 0. The normalized spacial score (nSPS) is 13.5. The van der Waals surface area contributed by atoms with Gasteiger partial charge in [0, 0.05) is 23.1 Å². The second-order valence-corrected chi connectivity index (χ2v) is 6.02. The van der Waals surface area contributed by atoms with Gasteiger partial charge in [-0.25, -0.2) is 4.79 Å². The van der Waals surface area contributed by atoms with Crippen LogP contribution in [0.1, 0.15) is 12.8 Å². The summed E-state index contributed by atoms with van der Waals surface area (Å²) in [5.74, 6) is 0. The summed E-state index contributed by atoms with van der Waals surface area (Å²) in [6, 6.07) is 13.0. The molecular weight excluding hydrogens is 321 g/mol. The SMILES string of the molecule is O=C(Nc1ccc(Nc2ccc(Cl)c(Cl)c2)cc1)NC1CC1. The number of halogens is 2. The molecule has 1 fully saturated rings. The summed E-state index contributed by atoms with van der Waals surface area (Å²) >= 11 is 11.9. The van der Waals surface area contributed by atoms with Crippen LogP contribution in [0.15, 0.2) is 42.5 Å². The van der Waals surface area contributed by atoms with Gasteiger partial charge < -0.3 is 16.0 Å². The van der Waals surface area contributed by atoms with E-state index >= 15 is 0 Å². The largest absolute Gasteiger partial charge is 0.355 e. The summed E-state index contributed by atoms with van der Waals surface area (Å²) in [6.45, 7) is 0. The molecule has 3 N–H and O–H groups in total. The molecule has 2 aromatic carbocycles. The molecule has 0 heterocycles. The van der Waals surface area contributed by atoms with Crippen molar-refractivity contribution >= 4 is 46.3 Å². The van der Waals surface area contributed by atoms with E-state index in [1.54, 1.807) is 12.1 Å². The van der Waals surface area contributed by atoms with Gasteiger partial charge >= 0.3 is 6.03 Å². The van der Waals surface area contributed by atoms with Crippen molar-refractivity contribution in [2.24, 2.45) is 0 Å². The van der Waals surface area contributed by atoms with E-state index in [0.717, 1.165) is 29.9 Å². The number of carbonyl (C=O) groups is 1. The Labute approximate surface area is 138 Å². The van der Waals surface area contributed by atoms with Gasteiger partial charge in [-0.05, 0) is 55.3 Å². The number of benzene rings is 2. The number of hydrogen-bond donors (Lipinski definition) is 3. The fourth-order valence-electron chi connectivity index (χ4n) is 1.96. The highest BCUT2D eigenvalue weighted by Crippen LogP contribution is 2.27. The number of urea groups is 1. The maximum Gasteiger partial charge on any atom is 0.319 e. The van der Waals surface area contributed by atoms with Crippen LogP contribution in [0.25, 0.3) is 0 Å². The van der Waals surface area contributed by atoms with E-state index in [0.29, 0.717) is 16.1 Å². The molecule has 0 saturated heterocycles. The zero-order valence-corrected chi connectivity index (χ0v) is 13.2. The third-order valence-electron chi connectivity index (χ3n) is 3.26. The van der Waals surface area contributed by atoms with Gasteiger partial charge in [-0.15, -0.1) is 0 Å². The molecule has 22 heavy (non-hydrogen) atoms. The standard InChI is InChI=1S/C16H15Cl2N3O/c17-14-8-7-13(9-15(14)18)19-10-1-3-11(4-2-10)20-16(22)21-12-5-6-12/h1-4,7-9,12,19H,5-6H2,(H2,20,21,22). The molecule has 0 radical (unpaired) electrons. The van der Waals surface area contributed by atoms with Crippen molar-refractivity contribution in [3.05, 3.63) is 52.5 Å². The molecule has 2 aromatic rings. The lowest BCUT2D eigenvalue weighted by atomic mass is 10.2. The third-order valence-corrected chi connectivity index (χ3v) is 4.00. The molecule has 1 saturated carbocycles.